The molecule has 2 aromatic carbocycles. The van der Waals surface area contributed by atoms with E-state index >= 15 is 0 Å². The number of amides is 1. The van der Waals surface area contributed by atoms with Gasteiger partial charge in [0.2, 0.25) is 5.91 Å². The first-order chi connectivity index (χ1) is 15.1. The van der Waals surface area contributed by atoms with Gasteiger partial charge in [-0.2, -0.15) is 0 Å². The molecule has 0 bridgehead atoms. The van der Waals surface area contributed by atoms with E-state index in [1.807, 2.05) is 12.1 Å². The molecule has 1 aliphatic heterocycles. The van der Waals surface area contributed by atoms with Crippen LogP contribution in [0.4, 0.5) is 10.1 Å². The Bertz CT molecular complexity index is 905. The number of aliphatic imine (C=N–C) groups is 1. The molecule has 0 saturated carbocycles. The fraction of sp³-hybridized carbons (Fsp3) is 0.391. The maximum absolute atomic E-state index is 13.3. The largest absolute Gasteiger partial charge is 0.497 e. The van der Waals surface area contributed by atoms with E-state index in [0.29, 0.717) is 18.2 Å². The molecule has 9 heteroatoms. The number of ether oxygens (including phenoxy) is 1. The molecule has 32 heavy (non-hydrogen) atoms. The Hall–Kier alpha value is -2.40. The van der Waals surface area contributed by atoms with Gasteiger partial charge in [-0.3, -0.25) is 14.7 Å². The van der Waals surface area contributed by atoms with Crippen LogP contribution in [0.15, 0.2) is 53.5 Å². The van der Waals surface area contributed by atoms with Gasteiger partial charge in [-0.1, -0.05) is 18.2 Å². The number of halogens is 2. The van der Waals surface area contributed by atoms with Crippen LogP contribution in [0.1, 0.15) is 24.4 Å². The van der Waals surface area contributed by atoms with Crippen molar-refractivity contribution >= 4 is 41.5 Å². The van der Waals surface area contributed by atoms with Crippen LogP contribution < -0.4 is 20.7 Å². The molecule has 1 atom stereocenters. The molecule has 3 N–H and O–H groups in total. The van der Waals surface area contributed by atoms with E-state index in [1.165, 1.54) is 30.5 Å². The molecule has 2 aromatic rings. The molecular weight excluding hydrogens is 524 g/mol. The van der Waals surface area contributed by atoms with Gasteiger partial charge in [0.1, 0.15) is 11.6 Å². The van der Waals surface area contributed by atoms with Gasteiger partial charge in [-0.05, 0) is 61.8 Å². The predicted molar refractivity (Wildman–Crippen MR) is 136 cm³/mol. The van der Waals surface area contributed by atoms with Crippen LogP contribution in [0.5, 0.6) is 5.75 Å². The third-order valence-corrected chi connectivity index (χ3v) is 5.27. The minimum absolute atomic E-state index is 0. The van der Waals surface area contributed by atoms with E-state index in [1.54, 1.807) is 26.3 Å². The zero-order valence-corrected chi connectivity index (χ0v) is 20.8. The number of carbonyl (C=O) groups excluding carboxylic acids is 1. The van der Waals surface area contributed by atoms with Gasteiger partial charge in [0.15, 0.2) is 5.96 Å². The molecule has 0 spiro atoms. The van der Waals surface area contributed by atoms with Gasteiger partial charge < -0.3 is 20.7 Å². The first-order valence-electron chi connectivity index (χ1n) is 10.5. The molecule has 1 aliphatic rings. The Morgan fingerprint density at radius 3 is 2.59 bits per heavy atom. The highest BCUT2D eigenvalue weighted by atomic mass is 127. The number of methoxy groups -OCH3 is 1. The van der Waals surface area contributed by atoms with Crippen LogP contribution in [-0.4, -0.2) is 57.1 Å². The van der Waals surface area contributed by atoms with E-state index < -0.39 is 5.82 Å². The topological polar surface area (TPSA) is 78.0 Å². The second-order valence-electron chi connectivity index (χ2n) is 7.40. The number of anilines is 1. The highest BCUT2D eigenvalue weighted by Gasteiger charge is 2.24. The van der Waals surface area contributed by atoms with Gasteiger partial charge in [0, 0.05) is 19.3 Å². The third-order valence-electron chi connectivity index (χ3n) is 5.27. The molecule has 1 heterocycles. The van der Waals surface area contributed by atoms with Crippen LogP contribution in [0.2, 0.25) is 0 Å². The van der Waals surface area contributed by atoms with Gasteiger partial charge in [-0.15, -0.1) is 24.0 Å². The number of benzene rings is 2. The van der Waals surface area contributed by atoms with Crippen molar-refractivity contribution in [1.29, 1.82) is 0 Å². The SMILES string of the molecule is CN=C(NCC(=O)Nc1cccc(F)c1)NCC(c1cccc(OC)c1)N1CCCC1.I. The Labute approximate surface area is 205 Å². The lowest BCUT2D eigenvalue weighted by molar-refractivity contribution is -0.115. The normalized spacial score (nSPS) is 14.9. The number of nitrogens with zero attached hydrogens (tertiary/aromatic N) is 2. The maximum Gasteiger partial charge on any atom is 0.243 e. The number of likely N-dealkylation sites (tertiary alicyclic amines) is 1. The highest BCUT2D eigenvalue weighted by Crippen LogP contribution is 2.27. The van der Waals surface area contributed by atoms with E-state index in [4.69, 9.17) is 4.74 Å². The van der Waals surface area contributed by atoms with Crippen molar-refractivity contribution < 1.29 is 13.9 Å². The van der Waals surface area contributed by atoms with Crippen molar-refractivity contribution in [2.24, 2.45) is 4.99 Å². The number of guanidine groups is 1. The van der Waals surface area contributed by atoms with E-state index in [9.17, 15) is 9.18 Å². The Morgan fingerprint density at radius 2 is 1.91 bits per heavy atom. The molecular formula is C23H31FIN5O2. The van der Waals surface area contributed by atoms with E-state index in [2.05, 4.69) is 38.0 Å². The Morgan fingerprint density at radius 1 is 1.16 bits per heavy atom. The number of nitrogens with one attached hydrogen (secondary N) is 3. The zero-order valence-electron chi connectivity index (χ0n) is 18.4. The molecule has 0 aromatic heterocycles. The van der Waals surface area contributed by atoms with Crippen molar-refractivity contribution in [2.75, 3.05) is 45.7 Å². The Balaban J connectivity index is 0.00000363. The fourth-order valence-corrected chi connectivity index (χ4v) is 3.71. The molecule has 1 saturated heterocycles. The number of hydrogen-bond acceptors (Lipinski definition) is 4. The lowest BCUT2D eigenvalue weighted by Gasteiger charge is -2.29. The number of rotatable bonds is 8. The lowest BCUT2D eigenvalue weighted by Crippen LogP contribution is -2.44. The summed E-state index contributed by atoms with van der Waals surface area (Å²) >= 11 is 0. The van der Waals surface area contributed by atoms with Crippen molar-refractivity contribution in [3.05, 3.63) is 59.9 Å². The fourth-order valence-electron chi connectivity index (χ4n) is 3.71. The summed E-state index contributed by atoms with van der Waals surface area (Å²) in [5, 5.41) is 9.01. The quantitative estimate of drug-likeness (QED) is 0.265. The molecule has 1 fully saturated rings. The predicted octanol–water partition coefficient (Wildman–Crippen LogP) is 3.39. The lowest BCUT2D eigenvalue weighted by atomic mass is 10.1. The van der Waals surface area contributed by atoms with Crippen LogP contribution in [0, 0.1) is 5.82 Å². The summed E-state index contributed by atoms with van der Waals surface area (Å²) in [5.74, 6) is 0.686. The number of hydrogen-bond donors (Lipinski definition) is 3. The van der Waals surface area contributed by atoms with Gasteiger partial charge >= 0.3 is 0 Å². The molecule has 0 aliphatic carbocycles. The van der Waals surface area contributed by atoms with Gasteiger partial charge in [0.05, 0.1) is 19.7 Å². The Kier molecular flexibility index (Phi) is 10.7. The van der Waals surface area contributed by atoms with Crippen LogP contribution >= 0.6 is 24.0 Å². The summed E-state index contributed by atoms with van der Waals surface area (Å²) in [6.45, 7) is 2.75. The van der Waals surface area contributed by atoms with Crippen molar-refractivity contribution in [3.8, 4) is 5.75 Å². The third kappa shape index (κ3) is 7.63. The van der Waals surface area contributed by atoms with Crippen molar-refractivity contribution in [2.45, 2.75) is 18.9 Å². The first kappa shape index (κ1) is 25.9. The molecule has 1 amide bonds. The van der Waals surface area contributed by atoms with Crippen molar-refractivity contribution in [1.82, 2.24) is 15.5 Å². The summed E-state index contributed by atoms with van der Waals surface area (Å²) in [7, 11) is 3.33. The molecule has 1 unspecified atom stereocenters. The first-order valence-corrected chi connectivity index (χ1v) is 10.5. The summed E-state index contributed by atoms with van der Waals surface area (Å²) in [6, 6.07) is 14.1. The standard InChI is InChI=1S/C23H30FN5O2.HI/c1-25-23(27-16-22(30)28-19-9-6-8-18(24)14-19)26-15-21(29-11-3-4-12-29)17-7-5-10-20(13-17)31-2;/h5-10,13-14,21H,3-4,11-12,15-16H2,1-2H3,(H,28,30)(H2,25,26,27);1H. The molecule has 7 nitrogen and oxygen atoms in total. The zero-order chi connectivity index (χ0) is 22.1. The second-order valence-corrected chi connectivity index (χ2v) is 7.40. The molecule has 0 radical (unpaired) electrons. The second kappa shape index (κ2) is 13.2. The van der Waals surface area contributed by atoms with Gasteiger partial charge in [-0.25, -0.2) is 4.39 Å². The summed E-state index contributed by atoms with van der Waals surface area (Å²) in [4.78, 5) is 18.9. The summed E-state index contributed by atoms with van der Waals surface area (Å²) in [5.41, 5.74) is 1.59. The monoisotopic (exact) mass is 555 g/mol. The molecule has 3 rings (SSSR count). The minimum atomic E-state index is -0.395. The van der Waals surface area contributed by atoms with Crippen LogP contribution in [0.3, 0.4) is 0 Å². The average Bonchev–Trinajstić information content (AvgIpc) is 3.30. The van der Waals surface area contributed by atoms with E-state index in [0.717, 1.165) is 18.8 Å². The highest BCUT2D eigenvalue weighted by molar-refractivity contribution is 14.0. The van der Waals surface area contributed by atoms with Crippen LogP contribution in [0.25, 0.3) is 0 Å². The van der Waals surface area contributed by atoms with Gasteiger partial charge in [0.25, 0.3) is 0 Å². The average molecular weight is 555 g/mol. The van der Waals surface area contributed by atoms with Crippen LogP contribution in [-0.2, 0) is 4.79 Å². The van der Waals surface area contributed by atoms with E-state index in [-0.39, 0.29) is 42.5 Å². The summed E-state index contributed by atoms with van der Waals surface area (Å²) < 4.78 is 18.7. The maximum atomic E-state index is 13.3. The van der Waals surface area contributed by atoms with Crippen molar-refractivity contribution in [3.63, 3.8) is 0 Å². The number of carbonyl (C=O) groups is 1. The summed E-state index contributed by atoms with van der Waals surface area (Å²) in [6.07, 6.45) is 2.38. The smallest absolute Gasteiger partial charge is 0.243 e. The minimum Gasteiger partial charge on any atom is -0.497 e. The molecule has 174 valence electrons.